The number of nitrogens with zero attached hydrogens (tertiary/aromatic N) is 4. The van der Waals surface area contributed by atoms with E-state index in [-0.39, 0.29) is 36.6 Å². The van der Waals surface area contributed by atoms with Gasteiger partial charge in [-0.05, 0) is 270 Å². The summed E-state index contributed by atoms with van der Waals surface area (Å²) < 4.78 is 10.2. The van der Waals surface area contributed by atoms with Crippen LogP contribution in [0.3, 0.4) is 0 Å². The molecular weight excluding hydrogens is 1430 g/mol. The zero-order valence-corrected chi connectivity index (χ0v) is 71.8. The lowest BCUT2D eigenvalue weighted by molar-refractivity contribution is -0.141. The minimum Gasteiger partial charge on any atom is -0.469 e. The number of hydrogen-bond donors (Lipinski definition) is 6. The van der Waals surface area contributed by atoms with E-state index in [0.29, 0.717) is 51.6 Å². The van der Waals surface area contributed by atoms with Gasteiger partial charge in [0.15, 0.2) is 0 Å². The number of carbonyl (C=O) groups excluding carboxylic acids is 4. The molecule has 0 saturated heterocycles. The summed E-state index contributed by atoms with van der Waals surface area (Å²) in [6.45, 7) is 27.3. The lowest BCUT2D eigenvalue weighted by Gasteiger charge is -2.08. The molecule has 602 valence electrons. The van der Waals surface area contributed by atoms with Crippen molar-refractivity contribution in [3.8, 4) is 0 Å². The highest BCUT2D eigenvalue weighted by Crippen LogP contribution is 2.41. The number of nitrogens with one attached hydrogen (secondary N) is 6. The van der Waals surface area contributed by atoms with Crippen LogP contribution in [0.15, 0.2) is 48.5 Å². The average molecular weight is 1560 g/mol. The zero-order chi connectivity index (χ0) is 79.8. The van der Waals surface area contributed by atoms with Gasteiger partial charge in [-0.25, -0.2) is 19.9 Å². The number of esters is 2. The summed E-state index contributed by atoms with van der Waals surface area (Å²) in [6, 6.07) is 17.3. The number of methoxy groups -OCH3 is 2. The Morgan fingerprint density at radius 1 is 0.312 bits per heavy atom. The first kappa shape index (κ1) is 86.2. The van der Waals surface area contributed by atoms with E-state index in [0.717, 1.165) is 191 Å². The Labute approximate surface area is 675 Å². The molecule has 6 N–H and O–H groups in total. The SMILES string of the molecule is CCC1=C(C)c2cc3[nH]c(cc4[nH]c(cc5nc(cc1n2)C(C)=C5CC)c(C)c4CCC(=O)NCCCCCCCCCCCCSSCCCCCCCCCCCCNC(=O)CCC1=C(C)c2cc4[nH]c(cc5[nH]c(cc6nc(cc1n2)C(CCC(=O)OC)=C6C)c(C)c5CC)c(C)c4CC)c(CCC(=O)OC)c3C. The van der Waals surface area contributed by atoms with Crippen LogP contribution in [0.1, 0.15) is 325 Å². The summed E-state index contributed by atoms with van der Waals surface area (Å²) in [5.74, 6) is 2.15. The van der Waals surface area contributed by atoms with Crippen molar-refractivity contribution in [2.75, 3.05) is 38.8 Å². The predicted octanol–water partition coefficient (Wildman–Crippen LogP) is 23.7. The van der Waals surface area contributed by atoms with E-state index in [1.165, 1.54) is 167 Å². The fourth-order valence-electron chi connectivity index (χ4n) is 16.8. The van der Waals surface area contributed by atoms with E-state index < -0.39 is 0 Å². The first-order chi connectivity index (χ1) is 54.3. The van der Waals surface area contributed by atoms with E-state index >= 15 is 0 Å². The molecule has 6 aromatic rings. The maximum absolute atomic E-state index is 13.5. The smallest absolute Gasteiger partial charge is 0.305 e. The van der Waals surface area contributed by atoms with Gasteiger partial charge in [-0.2, -0.15) is 0 Å². The fourth-order valence-corrected chi connectivity index (χ4v) is 19.1. The highest BCUT2D eigenvalue weighted by Gasteiger charge is 2.26. The minimum atomic E-state index is -0.258. The molecule has 18 heteroatoms. The van der Waals surface area contributed by atoms with Crippen LogP contribution in [0.5, 0.6) is 0 Å². The predicted molar refractivity (Wildman–Crippen MR) is 473 cm³/mol. The summed E-state index contributed by atoms with van der Waals surface area (Å²) in [5, 5.41) is 6.47. The number of unbranched alkanes of at least 4 members (excludes halogenated alkanes) is 18. The maximum atomic E-state index is 13.5. The molecule has 4 aliphatic rings. The van der Waals surface area contributed by atoms with Gasteiger partial charge in [0.05, 0.1) is 59.8 Å². The van der Waals surface area contributed by atoms with Crippen molar-refractivity contribution in [3.05, 3.63) is 139 Å². The van der Waals surface area contributed by atoms with Crippen molar-refractivity contribution in [2.24, 2.45) is 0 Å². The van der Waals surface area contributed by atoms with Crippen LogP contribution in [-0.4, -0.2) is 102 Å². The first-order valence-electron chi connectivity index (χ1n) is 42.5. The topological polar surface area (TPSA) is 226 Å². The summed E-state index contributed by atoms with van der Waals surface area (Å²) in [4.78, 5) is 87.9. The van der Waals surface area contributed by atoms with E-state index in [1.807, 2.05) is 0 Å². The fraction of sp³-hybridized carbons (Fsp3) is 0.532. The molecule has 0 saturated carbocycles. The monoisotopic (exact) mass is 1560 g/mol. The number of aromatic amines is 4. The Morgan fingerprint density at radius 2 is 0.589 bits per heavy atom. The Bertz CT molecular complexity index is 4840. The van der Waals surface area contributed by atoms with Crippen molar-refractivity contribution < 1.29 is 28.7 Å². The van der Waals surface area contributed by atoms with Crippen LogP contribution in [0.4, 0.5) is 0 Å². The molecule has 0 aromatic carbocycles. The highest BCUT2D eigenvalue weighted by molar-refractivity contribution is 8.76. The van der Waals surface area contributed by atoms with E-state index in [2.05, 4.69) is 184 Å². The number of allylic oxidation sites excluding steroid dienone is 8. The van der Waals surface area contributed by atoms with Gasteiger partial charge < -0.3 is 40.0 Å². The molecule has 16 bridgehead atoms. The molecule has 0 unspecified atom stereocenters. The Hall–Kier alpha value is -8.22. The Balaban J connectivity index is 0.558. The van der Waals surface area contributed by atoms with Crippen LogP contribution in [-0.2, 0) is 54.3 Å². The van der Waals surface area contributed by atoms with Crippen LogP contribution < -0.4 is 10.6 Å². The third kappa shape index (κ3) is 22.4. The standard InChI is InChI=1S/C94H128N10O6S2/c1-15-67-59(5)75-51-77-65(11)73(41-45-93(107)109-13)89(101-77)57-87-71(63(9)81(103-87)55-85-69(17-3)61(7)79(99-85)53-83(67)97-75)39-43-91(105)95-47-35-31-27-23-19-21-25-29-33-37-49-111-112-50-38-34-30-26-22-20-24-28-32-36-48-96-92(106)44-40-72-64(10)82-56-86-70(18-4)62(8)80(100-86)54-84-68(16-2)60(6)76(98-84)52-78-66(12)74(42-46-94(108)110-14)90(102-78)58-88(72)104-82/h51-58,97,99,102,104H,15-50H2,1-14H3,(H,95,105)(H,96,106). The van der Waals surface area contributed by atoms with Crippen LogP contribution in [0.25, 0.3) is 88.7 Å². The normalized spacial score (nSPS) is 13.0. The zero-order valence-electron chi connectivity index (χ0n) is 70.1. The Kier molecular flexibility index (Phi) is 32.9. The number of H-pyrrole nitrogens is 4. The van der Waals surface area contributed by atoms with E-state index in [9.17, 15) is 19.2 Å². The summed E-state index contributed by atoms with van der Waals surface area (Å²) in [5.41, 5.74) is 33.4. The van der Waals surface area contributed by atoms with Crippen molar-refractivity contribution in [1.29, 1.82) is 0 Å². The second kappa shape index (κ2) is 42.8. The summed E-state index contributed by atoms with van der Waals surface area (Å²) >= 11 is 0. The summed E-state index contributed by atoms with van der Waals surface area (Å²) in [6.07, 6.45) is 31.9. The van der Waals surface area contributed by atoms with Crippen molar-refractivity contribution in [2.45, 2.75) is 289 Å². The number of hydrogen-bond acceptors (Lipinski definition) is 12. The molecule has 10 rings (SSSR count). The van der Waals surface area contributed by atoms with Crippen molar-refractivity contribution in [1.82, 2.24) is 50.5 Å². The van der Waals surface area contributed by atoms with E-state index in [4.69, 9.17) is 29.4 Å². The van der Waals surface area contributed by atoms with Gasteiger partial charge >= 0.3 is 11.9 Å². The Morgan fingerprint density at radius 3 is 1.00 bits per heavy atom. The second-order valence-corrected chi connectivity index (χ2v) is 34.0. The van der Waals surface area contributed by atoms with Crippen LogP contribution in [0, 0.1) is 27.7 Å². The third-order valence-electron chi connectivity index (χ3n) is 23.9. The third-order valence-corrected chi connectivity index (χ3v) is 26.4. The average Bonchev–Trinajstić information content (AvgIpc) is 1.62. The number of carbonyl (C=O) groups is 4. The molecule has 10 heterocycles. The molecule has 0 fully saturated rings. The molecule has 16 nitrogen and oxygen atoms in total. The van der Waals surface area contributed by atoms with Gasteiger partial charge in [0.1, 0.15) is 0 Å². The summed E-state index contributed by atoms with van der Waals surface area (Å²) in [7, 11) is 7.01. The number of rotatable bonds is 43. The van der Waals surface area contributed by atoms with Gasteiger partial charge in [-0.3, -0.25) is 19.2 Å². The molecule has 0 atom stereocenters. The van der Waals surface area contributed by atoms with Gasteiger partial charge in [-0.15, -0.1) is 0 Å². The second-order valence-electron chi connectivity index (χ2n) is 31.3. The molecule has 6 aromatic heterocycles. The minimum absolute atomic E-state index is 0.0638. The van der Waals surface area contributed by atoms with Gasteiger partial charge in [-0.1, -0.05) is 152 Å². The highest BCUT2D eigenvalue weighted by atomic mass is 33.1. The van der Waals surface area contributed by atoms with E-state index in [1.54, 1.807) is 0 Å². The molecule has 4 aliphatic heterocycles. The number of amides is 2. The number of aromatic nitrogens is 8. The van der Waals surface area contributed by atoms with Gasteiger partial charge in [0.25, 0.3) is 0 Å². The van der Waals surface area contributed by atoms with Crippen molar-refractivity contribution in [3.63, 3.8) is 0 Å². The number of fused-ring (bicyclic) bond motifs is 16. The molecule has 0 radical (unpaired) electrons. The largest absolute Gasteiger partial charge is 0.469 e. The molecule has 0 aliphatic carbocycles. The lowest BCUT2D eigenvalue weighted by Crippen LogP contribution is -2.24. The number of aryl methyl sites for hydroxylation is 8. The molecule has 112 heavy (non-hydrogen) atoms. The number of ether oxygens (including phenoxy) is 2. The van der Waals surface area contributed by atoms with Crippen molar-refractivity contribution >= 4 is 134 Å². The maximum Gasteiger partial charge on any atom is 0.305 e. The molecular formula is C94H128N10O6S2. The first-order valence-corrected chi connectivity index (χ1v) is 45.0. The van der Waals surface area contributed by atoms with Crippen LogP contribution in [0.2, 0.25) is 0 Å². The van der Waals surface area contributed by atoms with Gasteiger partial charge in [0, 0.05) is 94.4 Å². The van der Waals surface area contributed by atoms with Gasteiger partial charge in [0.2, 0.25) is 11.8 Å². The quantitative estimate of drug-likeness (QED) is 0.0119. The lowest BCUT2D eigenvalue weighted by atomic mass is 9.98. The molecule has 0 spiro atoms. The van der Waals surface area contributed by atoms with Crippen LogP contribution >= 0.6 is 21.6 Å². The molecule has 2 amide bonds.